The SMILES string of the molecule is Cc1cccc2c1CN(OC(=O)C(=O)N(C(C)C)C(C)C)C2=O. The third-order valence-electron chi connectivity index (χ3n) is 3.88. The maximum Gasteiger partial charge on any atom is 0.421 e. The Bertz CT molecular complexity index is 644. The molecule has 2 rings (SSSR count). The average Bonchev–Trinajstić information content (AvgIpc) is 2.76. The molecule has 0 saturated carbocycles. The number of nitrogens with zero attached hydrogens (tertiary/aromatic N) is 2. The minimum absolute atomic E-state index is 0.135. The summed E-state index contributed by atoms with van der Waals surface area (Å²) in [4.78, 5) is 43.2. The van der Waals surface area contributed by atoms with E-state index in [9.17, 15) is 14.4 Å². The van der Waals surface area contributed by atoms with Gasteiger partial charge in [0.15, 0.2) is 0 Å². The third-order valence-corrected chi connectivity index (χ3v) is 3.88. The second-order valence-electron chi connectivity index (χ2n) is 6.22. The van der Waals surface area contributed by atoms with Gasteiger partial charge in [0.2, 0.25) is 0 Å². The van der Waals surface area contributed by atoms with E-state index in [4.69, 9.17) is 4.84 Å². The Balaban J connectivity index is 2.12. The predicted octanol–water partition coefficient (Wildman–Crippen LogP) is 2.05. The molecule has 0 fully saturated rings. The number of fused-ring (bicyclic) bond motifs is 1. The Labute approximate surface area is 136 Å². The van der Waals surface area contributed by atoms with Crippen molar-refractivity contribution in [1.29, 1.82) is 0 Å². The summed E-state index contributed by atoms with van der Waals surface area (Å²) in [6, 6.07) is 5.09. The first-order chi connectivity index (χ1) is 10.7. The van der Waals surface area contributed by atoms with E-state index in [0.29, 0.717) is 5.56 Å². The van der Waals surface area contributed by atoms with Crippen LogP contribution in [-0.4, -0.2) is 39.8 Å². The molecular weight excluding hydrogens is 296 g/mol. The zero-order valence-electron chi connectivity index (χ0n) is 14.1. The lowest BCUT2D eigenvalue weighted by Gasteiger charge is -2.29. The summed E-state index contributed by atoms with van der Waals surface area (Å²) < 4.78 is 0. The lowest BCUT2D eigenvalue weighted by Crippen LogP contribution is -2.47. The van der Waals surface area contributed by atoms with Crippen molar-refractivity contribution in [2.45, 2.75) is 53.2 Å². The number of amides is 2. The lowest BCUT2D eigenvalue weighted by molar-refractivity contribution is -0.187. The van der Waals surface area contributed by atoms with Crippen molar-refractivity contribution in [3.05, 3.63) is 34.9 Å². The lowest BCUT2D eigenvalue weighted by atomic mass is 10.1. The van der Waals surface area contributed by atoms with Crippen LogP contribution in [0.15, 0.2) is 18.2 Å². The van der Waals surface area contributed by atoms with E-state index in [0.717, 1.165) is 16.2 Å². The van der Waals surface area contributed by atoms with Gasteiger partial charge in [-0.3, -0.25) is 9.59 Å². The number of hydrogen-bond donors (Lipinski definition) is 0. The van der Waals surface area contributed by atoms with Crippen molar-refractivity contribution in [2.24, 2.45) is 0 Å². The van der Waals surface area contributed by atoms with Gasteiger partial charge in [0, 0.05) is 17.6 Å². The van der Waals surface area contributed by atoms with Crippen LogP contribution < -0.4 is 0 Å². The molecule has 0 radical (unpaired) electrons. The molecule has 1 heterocycles. The first kappa shape index (κ1) is 17.0. The van der Waals surface area contributed by atoms with E-state index in [1.165, 1.54) is 4.90 Å². The molecule has 0 unspecified atom stereocenters. The predicted molar refractivity (Wildman–Crippen MR) is 84.3 cm³/mol. The van der Waals surface area contributed by atoms with Gasteiger partial charge in [-0.05, 0) is 51.8 Å². The summed E-state index contributed by atoms with van der Waals surface area (Å²) in [7, 11) is 0. The van der Waals surface area contributed by atoms with Gasteiger partial charge in [-0.1, -0.05) is 12.1 Å². The molecule has 0 N–H and O–H groups in total. The maximum absolute atomic E-state index is 12.3. The fraction of sp³-hybridized carbons (Fsp3) is 0.471. The maximum atomic E-state index is 12.3. The highest BCUT2D eigenvalue weighted by Gasteiger charge is 2.35. The van der Waals surface area contributed by atoms with E-state index in [2.05, 4.69) is 0 Å². The Morgan fingerprint density at radius 1 is 1.17 bits per heavy atom. The van der Waals surface area contributed by atoms with Gasteiger partial charge >= 0.3 is 11.9 Å². The molecule has 0 aromatic heterocycles. The molecule has 0 bridgehead atoms. The van der Waals surface area contributed by atoms with Crippen molar-refractivity contribution >= 4 is 17.8 Å². The Morgan fingerprint density at radius 3 is 2.30 bits per heavy atom. The minimum atomic E-state index is -1.04. The van der Waals surface area contributed by atoms with Crippen LogP contribution in [0, 0.1) is 6.92 Å². The van der Waals surface area contributed by atoms with Crippen molar-refractivity contribution in [2.75, 3.05) is 0 Å². The van der Waals surface area contributed by atoms with Crippen LogP contribution in [0.4, 0.5) is 0 Å². The first-order valence-electron chi connectivity index (χ1n) is 7.69. The fourth-order valence-corrected chi connectivity index (χ4v) is 2.85. The molecule has 1 aliphatic heterocycles. The van der Waals surface area contributed by atoms with Crippen LogP contribution in [0.25, 0.3) is 0 Å². The Kier molecular flexibility index (Phi) is 4.73. The van der Waals surface area contributed by atoms with Gasteiger partial charge in [-0.25, -0.2) is 4.79 Å². The number of aryl methyl sites for hydroxylation is 1. The molecule has 1 aliphatic rings. The summed E-state index contributed by atoms with van der Waals surface area (Å²) >= 11 is 0. The topological polar surface area (TPSA) is 66.9 Å². The van der Waals surface area contributed by atoms with Gasteiger partial charge in [-0.15, -0.1) is 0 Å². The highest BCUT2D eigenvalue weighted by molar-refractivity contribution is 6.32. The largest absolute Gasteiger partial charge is 0.421 e. The molecule has 1 aromatic carbocycles. The summed E-state index contributed by atoms with van der Waals surface area (Å²) in [5, 5.41) is 0.955. The molecule has 2 amide bonds. The van der Waals surface area contributed by atoms with Crippen LogP contribution in [0.2, 0.25) is 0 Å². The Hall–Kier alpha value is -2.37. The van der Waals surface area contributed by atoms with Crippen molar-refractivity contribution in [3.63, 3.8) is 0 Å². The molecule has 0 aliphatic carbocycles. The number of carbonyl (C=O) groups excluding carboxylic acids is 3. The van der Waals surface area contributed by atoms with Gasteiger partial charge in [0.25, 0.3) is 5.91 Å². The zero-order chi connectivity index (χ0) is 17.3. The van der Waals surface area contributed by atoms with Crippen molar-refractivity contribution in [1.82, 2.24) is 9.96 Å². The van der Waals surface area contributed by atoms with E-state index < -0.39 is 17.8 Å². The second-order valence-corrected chi connectivity index (χ2v) is 6.22. The highest BCUT2D eigenvalue weighted by atomic mass is 16.7. The smallest absolute Gasteiger partial charge is 0.328 e. The molecular formula is C17H22N2O4. The Morgan fingerprint density at radius 2 is 1.78 bits per heavy atom. The van der Waals surface area contributed by atoms with Gasteiger partial charge in [0.1, 0.15) is 0 Å². The molecule has 0 atom stereocenters. The number of hydrogen-bond acceptors (Lipinski definition) is 4. The average molecular weight is 318 g/mol. The van der Waals surface area contributed by atoms with Gasteiger partial charge in [0.05, 0.1) is 6.54 Å². The first-order valence-corrected chi connectivity index (χ1v) is 7.69. The van der Waals surface area contributed by atoms with Crippen LogP contribution in [-0.2, 0) is 21.0 Å². The summed E-state index contributed by atoms with van der Waals surface area (Å²) in [5.41, 5.74) is 2.28. The molecule has 6 nitrogen and oxygen atoms in total. The fourth-order valence-electron chi connectivity index (χ4n) is 2.85. The summed E-state index contributed by atoms with van der Waals surface area (Å²) in [5.74, 6) is -2.17. The van der Waals surface area contributed by atoms with E-state index >= 15 is 0 Å². The van der Waals surface area contributed by atoms with Crippen molar-refractivity contribution < 1.29 is 19.2 Å². The second kappa shape index (κ2) is 6.40. The van der Waals surface area contributed by atoms with E-state index in [1.54, 1.807) is 12.1 Å². The highest BCUT2D eigenvalue weighted by Crippen LogP contribution is 2.25. The third kappa shape index (κ3) is 3.21. The van der Waals surface area contributed by atoms with Crippen LogP contribution in [0.1, 0.15) is 49.2 Å². The van der Waals surface area contributed by atoms with Gasteiger partial charge in [-0.2, -0.15) is 5.06 Å². The number of carbonyl (C=O) groups is 3. The molecule has 0 spiro atoms. The van der Waals surface area contributed by atoms with Crippen LogP contribution in [0.3, 0.4) is 0 Å². The summed E-state index contributed by atoms with van der Waals surface area (Å²) in [6.07, 6.45) is 0. The van der Waals surface area contributed by atoms with E-state index in [-0.39, 0.29) is 18.6 Å². The van der Waals surface area contributed by atoms with Crippen molar-refractivity contribution in [3.8, 4) is 0 Å². The minimum Gasteiger partial charge on any atom is -0.328 e. The summed E-state index contributed by atoms with van der Waals surface area (Å²) in [6.45, 7) is 9.36. The quantitative estimate of drug-likeness (QED) is 0.800. The van der Waals surface area contributed by atoms with Crippen LogP contribution >= 0.6 is 0 Å². The molecule has 6 heteroatoms. The molecule has 124 valence electrons. The molecule has 0 saturated heterocycles. The number of rotatable bonds is 3. The molecule has 23 heavy (non-hydrogen) atoms. The van der Waals surface area contributed by atoms with Gasteiger partial charge < -0.3 is 9.74 Å². The zero-order valence-corrected chi connectivity index (χ0v) is 14.1. The molecule has 1 aromatic rings. The van der Waals surface area contributed by atoms with E-state index in [1.807, 2.05) is 40.7 Å². The standard InChI is InChI=1S/C17H22N2O4/c1-10(2)19(11(3)4)16(21)17(22)23-18-9-14-12(5)7-6-8-13(14)15(18)20/h6-8,10-11H,9H2,1-5H3. The normalized spacial score (nSPS) is 13.5. The monoisotopic (exact) mass is 318 g/mol. The van der Waals surface area contributed by atoms with Crippen LogP contribution in [0.5, 0.6) is 0 Å². The number of hydroxylamine groups is 2. The number of benzene rings is 1.